The topological polar surface area (TPSA) is 20.3 Å². The molecule has 0 fully saturated rings. The third-order valence-electron chi connectivity index (χ3n) is 2.21. The first-order valence-electron chi connectivity index (χ1n) is 4.84. The maximum atomic E-state index is 13.4. The summed E-state index contributed by atoms with van der Waals surface area (Å²) >= 11 is 3.22. The minimum Gasteiger partial charge on any atom is -0.339 e. The molecule has 0 atom stereocenters. The summed E-state index contributed by atoms with van der Waals surface area (Å²) in [5.41, 5.74) is 0.119. The second kappa shape index (κ2) is 5.26. The van der Waals surface area contributed by atoms with Gasteiger partial charge in [-0.05, 0) is 32.0 Å². The van der Waals surface area contributed by atoms with Gasteiger partial charge in [-0.15, -0.1) is 0 Å². The molecule has 0 unspecified atom stereocenters. The van der Waals surface area contributed by atoms with E-state index in [9.17, 15) is 9.18 Å². The molecule has 0 aromatic heterocycles. The Morgan fingerprint density at radius 2 is 2.00 bits per heavy atom. The van der Waals surface area contributed by atoms with Crippen molar-refractivity contribution in [2.75, 3.05) is 13.1 Å². The number of carbonyl (C=O) groups excluding carboxylic acids is 1. The van der Waals surface area contributed by atoms with Gasteiger partial charge in [0.05, 0.1) is 5.56 Å². The Morgan fingerprint density at radius 3 is 2.53 bits per heavy atom. The van der Waals surface area contributed by atoms with Gasteiger partial charge in [0.1, 0.15) is 5.82 Å². The fourth-order valence-electron chi connectivity index (χ4n) is 1.34. The van der Waals surface area contributed by atoms with Gasteiger partial charge < -0.3 is 4.90 Å². The summed E-state index contributed by atoms with van der Waals surface area (Å²) in [7, 11) is 0. The van der Waals surface area contributed by atoms with Crippen molar-refractivity contribution in [2.45, 2.75) is 13.8 Å². The Morgan fingerprint density at radius 1 is 1.40 bits per heavy atom. The lowest BCUT2D eigenvalue weighted by atomic mass is 10.2. The minimum absolute atomic E-state index is 0.119. The van der Waals surface area contributed by atoms with Crippen molar-refractivity contribution in [2.24, 2.45) is 0 Å². The average molecular weight is 274 g/mol. The van der Waals surface area contributed by atoms with Gasteiger partial charge in [-0.1, -0.05) is 15.9 Å². The monoisotopic (exact) mass is 273 g/mol. The summed E-state index contributed by atoms with van der Waals surface area (Å²) < 4.78 is 14.1. The van der Waals surface area contributed by atoms with Gasteiger partial charge in [-0.25, -0.2) is 4.39 Å². The standard InChI is InChI=1S/C11H13BrFNO/c1-3-14(4-2)11(15)9-7-8(12)5-6-10(9)13/h5-7H,3-4H2,1-2H3. The van der Waals surface area contributed by atoms with Gasteiger partial charge in [0, 0.05) is 17.6 Å². The Bertz CT molecular complexity index is 364. The summed E-state index contributed by atoms with van der Waals surface area (Å²) in [6.07, 6.45) is 0. The van der Waals surface area contributed by atoms with Crippen LogP contribution in [0.5, 0.6) is 0 Å². The number of hydrogen-bond acceptors (Lipinski definition) is 1. The predicted molar refractivity (Wildman–Crippen MR) is 61.4 cm³/mol. The van der Waals surface area contributed by atoms with Crippen LogP contribution in [0.4, 0.5) is 4.39 Å². The lowest BCUT2D eigenvalue weighted by molar-refractivity contribution is 0.0768. The minimum atomic E-state index is -0.477. The second-order valence-corrected chi connectivity index (χ2v) is 4.02. The van der Waals surface area contributed by atoms with E-state index in [4.69, 9.17) is 0 Å². The Balaban J connectivity index is 3.04. The quantitative estimate of drug-likeness (QED) is 0.829. The average Bonchev–Trinajstić information content (AvgIpc) is 2.23. The first kappa shape index (κ1) is 12.2. The molecule has 0 heterocycles. The van der Waals surface area contributed by atoms with Crippen molar-refractivity contribution in [3.8, 4) is 0 Å². The molecule has 0 bridgehead atoms. The van der Waals surface area contributed by atoms with Crippen LogP contribution in [0, 0.1) is 5.82 Å². The Labute approximate surface area is 97.2 Å². The molecule has 1 aromatic carbocycles. The highest BCUT2D eigenvalue weighted by atomic mass is 79.9. The first-order chi connectivity index (χ1) is 7.10. The van der Waals surface area contributed by atoms with E-state index >= 15 is 0 Å². The van der Waals surface area contributed by atoms with Crippen molar-refractivity contribution < 1.29 is 9.18 Å². The second-order valence-electron chi connectivity index (χ2n) is 3.10. The summed E-state index contributed by atoms with van der Waals surface area (Å²) in [4.78, 5) is 13.4. The molecule has 0 radical (unpaired) electrons. The molecule has 0 aliphatic heterocycles. The van der Waals surface area contributed by atoms with Crippen molar-refractivity contribution in [1.82, 2.24) is 4.90 Å². The Kier molecular flexibility index (Phi) is 4.27. The van der Waals surface area contributed by atoms with Crippen LogP contribution in [0.3, 0.4) is 0 Å². The van der Waals surface area contributed by atoms with Crippen molar-refractivity contribution in [1.29, 1.82) is 0 Å². The normalized spacial score (nSPS) is 10.1. The van der Waals surface area contributed by atoms with Crippen LogP contribution in [0.25, 0.3) is 0 Å². The zero-order chi connectivity index (χ0) is 11.4. The number of nitrogens with zero attached hydrogens (tertiary/aromatic N) is 1. The Hall–Kier alpha value is -0.900. The van der Waals surface area contributed by atoms with Crippen molar-refractivity contribution >= 4 is 21.8 Å². The van der Waals surface area contributed by atoms with Gasteiger partial charge in [-0.2, -0.15) is 0 Å². The summed E-state index contributed by atoms with van der Waals surface area (Å²) in [5, 5.41) is 0. The number of carbonyl (C=O) groups is 1. The molecular weight excluding hydrogens is 261 g/mol. The molecule has 2 nitrogen and oxygen atoms in total. The molecule has 0 spiro atoms. The SMILES string of the molecule is CCN(CC)C(=O)c1cc(Br)ccc1F. The molecule has 15 heavy (non-hydrogen) atoms. The molecule has 0 saturated heterocycles. The van der Waals surface area contributed by atoms with E-state index in [0.29, 0.717) is 17.6 Å². The molecule has 0 saturated carbocycles. The third kappa shape index (κ3) is 2.78. The predicted octanol–water partition coefficient (Wildman–Crippen LogP) is 3.07. The smallest absolute Gasteiger partial charge is 0.256 e. The number of rotatable bonds is 3. The number of hydrogen-bond donors (Lipinski definition) is 0. The van der Waals surface area contributed by atoms with Crippen LogP contribution in [-0.4, -0.2) is 23.9 Å². The molecule has 1 rings (SSSR count). The highest BCUT2D eigenvalue weighted by Crippen LogP contribution is 2.17. The summed E-state index contributed by atoms with van der Waals surface area (Å²) in [6.45, 7) is 4.91. The molecule has 1 aromatic rings. The van der Waals surface area contributed by atoms with Crippen LogP contribution in [0.15, 0.2) is 22.7 Å². The molecule has 4 heteroatoms. The van der Waals surface area contributed by atoms with Crippen molar-refractivity contribution in [3.63, 3.8) is 0 Å². The van der Waals surface area contributed by atoms with E-state index < -0.39 is 5.82 Å². The largest absolute Gasteiger partial charge is 0.339 e. The van der Waals surface area contributed by atoms with Gasteiger partial charge >= 0.3 is 0 Å². The van der Waals surface area contributed by atoms with Gasteiger partial charge in [-0.3, -0.25) is 4.79 Å². The maximum absolute atomic E-state index is 13.4. The zero-order valence-corrected chi connectivity index (χ0v) is 10.3. The summed E-state index contributed by atoms with van der Waals surface area (Å²) in [6, 6.07) is 4.38. The van der Waals surface area contributed by atoms with Crippen LogP contribution in [-0.2, 0) is 0 Å². The third-order valence-corrected chi connectivity index (χ3v) is 2.70. The fourth-order valence-corrected chi connectivity index (χ4v) is 1.70. The molecular formula is C11H13BrFNO. The van der Waals surface area contributed by atoms with Crippen LogP contribution in [0.1, 0.15) is 24.2 Å². The van der Waals surface area contributed by atoms with Crippen LogP contribution < -0.4 is 0 Å². The van der Waals surface area contributed by atoms with E-state index in [1.807, 2.05) is 13.8 Å². The van der Waals surface area contributed by atoms with Gasteiger partial charge in [0.25, 0.3) is 5.91 Å². The maximum Gasteiger partial charge on any atom is 0.256 e. The van der Waals surface area contributed by atoms with Crippen LogP contribution in [0.2, 0.25) is 0 Å². The molecule has 1 amide bonds. The lowest BCUT2D eigenvalue weighted by Gasteiger charge is -2.18. The van der Waals surface area contributed by atoms with E-state index in [-0.39, 0.29) is 11.5 Å². The van der Waals surface area contributed by atoms with E-state index in [1.54, 1.807) is 11.0 Å². The number of benzene rings is 1. The molecule has 0 aliphatic carbocycles. The van der Waals surface area contributed by atoms with Crippen molar-refractivity contribution in [3.05, 3.63) is 34.1 Å². The number of amides is 1. The highest BCUT2D eigenvalue weighted by molar-refractivity contribution is 9.10. The molecule has 82 valence electrons. The van der Waals surface area contributed by atoms with E-state index in [1.165, 1.54) is 12.1 Å². The summed E-state index contributed by atoms with van der Waals surface area (Å²) in [5.74, 6) is -0.742. The highest BCUT2D eigenvalue weighted by Gasteiger charge is 2.16. The van der Waals surface area contributed by atoms with Gasteiger partial charge in [0.15, 0.2) is 0 Å². The van der Waals surface area contributed by atoms with E-state index in [0.717, 1.165) is 0 Å². The zero-order valence-electron chi connectivity index (χ0n) is 8.76. The first-order valence-corrected chi connectivity index (χ1v) is 5.63. The van der Waals surface area contributed by atoms with E-state index in [2.05, 4.69) is 15.9 Å². The molecule has 0 aliphatic rings. The number of halogens is 2. The lowest BCUT2D eigenvalue weighted by Crippen LogP contribution is -2.31. The molecule has 0 N–H and O–H groups in total. The van der Waals surface area contributed by atoms with Crippen LogP contribution >= 0.6 is 15.9 Å². The van der Waals surface area contributed by atoms with Gasteiger partial charge in [0.2, 0.25) is 0 Å². The fraction of sp³-hybridized carbons (Fsp3) is 0.364.